The lowest BCUT2D eigenvalue weighted by Crippen LogP contribution is -2.43. The topological polar surface area (TPSA) is 38.7 Å². The van der Waals surface area contributed by atoms with Crippen molar-refractivity contribution in [3.8, 4) is 22.5 Å². The molecular formula is C55H41B2N3. The molecule has 282 valence electrons. The first-order valence-electron chi connectivity index (χ1n) is 20.4. The molecule has 0 atom stereocenters. The Labute approximate surface area is 353 Å². The molecule has 0 spiro atoms. The number of hydrogen-bond acceptors (Lipinski definition) is 3. The fraction of sp³-hybridized carbons (Fsp3) is 0. The number of benzene rings is 6. The molecule has 3 aromatic heterocycles. The summed E-state index contributed by atoms with van der Waals surface area (Å²) < 4.78 is 0. The maximum atomic E-state index is 5.09. The van der Waals surface area contributed by atoms with Gasteiger partial charge >= 0.3 is 0 Å². The minimum Gasteiger partial charge on any atom is -0.256 e. The molecule has 3 nitrogen and oxygen atoms in total. The normalized spacial score (nSPS) is 11.5. The first-order chi connectivity index (χ1) is 29.8. The Morgan fingerprint density at radius 1 is 0.317 bits per heavy atom. The molecule has 0 aliphatic rings. The number of pyridine rings is 3. The van der Waals surface area contributed by atoms with Gasteiger partial charge in [0, 0.05) is 23.5 Å². The highest BCUT2D eigenvalue weighted by Crippen LogP contribution is 2.26. The van der Waals surface area contributed by atoms with Crippen molar-refractivity contribution in [2.24, 2.45) is 0 Å². The molecule has 0 unspecified atom stereocenters. The van der Waals surface area contributed by atoms with E-state index in [9.17, 15) is 0 Å². The second kappa shape index (κ2) is 18.3. The molecule has 9 rings (SSSR count). The van der Waals surface area contributed by atoms with E-state index in [1.54, 1.807) is 0 Å². The van der Waals surface area contributed by atoms with Gasteiger partial charge in [-0.1, -0.05) is 221 Å². The Balaban J connectivity index is 1.02. The van der Waals surface area contributed by atoms with E-state index in [0.29, 0.717) is 0 Å². The first kappa shape index (κ1) is 37.9. The SMILES string of the molecule is C(=C(/B(c1ccccc1)c1ccccc1)c1ccccc1)/c1ccc(-c2cccc(-c3ccc(/C=C(\B(c4ccccc4)c4ccccc4)c4ccccc4)nc3)n2)cn1. The van der Waals surface area contributed by atoms with Crippen molar-refractivity contribution in [2.45, 2.75) is 0 Å². The van der Waals surface area contributed by atoms with Crippen molar-refractivity contribution in [3.63, 3.8) is 0 Å². The Bertz CT molecular complexity index is 2540. The molecule has 0 fully saturated rings. The van der Waals surface area contributed by atoms with Gasteiger partial charge in [-0.2, -0.15) is 0 Å². The van der Waals surface area contributed by atoms with E-state index in [4.69, 9.17) is 15.0 Å². The van der Waals surface area contributed by atoms with Gasteiger partial charge in [0.25, 0.3) is 0 Å². The van der Waals surface area contributed by atoms with Gasteiger partial charge in [-0.3, -0.25) is 9.97 Å². The van der Waals surface area contributed by atoms with E-state index >= 15 is 0 Å². The quantitative estimate of drug-likeness (QED) is 0.116. The van der Waals surface area contributed by atoms with Crippen LogP contribution in [0.5, 0.6) is 0 Å². The Morgan fingerprint density at radius 3 is 0.933 bits per heavy atom. The summed E-state index contributed by atoms with van der Waals surface area (Å²) in [6.07, 6.45) is 8.29. The highest BCUT2D eigenvalue weighted by Gasteiger charge is 2.26. The van der Waals surface area contributed by atoms with E-state index in [2.05, 4.69) is 224 Å². The maximum Gasteiger partial charge on any atom is 0.242 e. The van der Waals surface area contributed by atoms with Crippen molar-refractivity contribution < 1.29 is 0 Å². The number of nitrogens with zero attached hydrogens (tertiary/aromatic N) is 3. The van der Waals surface area contributed by atoms with E-state index in [1.165, 1.54) is 32.8 Å². The monoisotopic (exact) mass is 765 g/mol. The van der Waals surface area contributed by atoms with Crippen LogP contribution in [0, 0.1) is 0 Å². The molecule has 6 aromatic carbocycles. The fourth-order valence-electron chi connectivity index (χ4n) is 7.97. The van der Waals surface area contributed by atoms with Crippen LogP contribution in [0.25, 0.3) is 45.6 Å². The van der Waals surface area contributed by atoms with Crippen molar-refractivity contribution in [1.82, 2.24) is 15.0 Å². The molecule has 3 heterocycles. The fourth-order valence-corrected chi connectivity index (χ4v) is 7.97. The molecule has 0 radical (unpaired) electrons. The third-order valence-electron chi connectivity index (χ3n) is 10.9. The van der Waals surface area contributed by atoms with Crippen LogP contribution in [0.1, 0.15) is 22.5 Å². The van der Waals surface area contributed by atoms with Crippen molar-refractivity contribution in [2.75, 3.05) is 0 Å². The van der Waals surface area contributed by atoms with Gasteiger partial charge in [-0.25, -0.2) is 4.98 Å². The van der Waals surface area contributed by atoms with E-state index in [1.807, 2.05) is 24.5 Å². The van der Waals surface area contributed by atoms with Gasteiger partial charge in [0.1, 0.15) is 0 Å². The molecule has 0 aliphatic heterocycles. The minimum atomic E-state index is 0.0317. The van der Waals surface area contributed by atoms with Crippen LogP contribution in [-0.4, -0.2) is 28.4 Å². The predicted octanol–water partition coefficient (Wildman–Crippen LogP) is 9.98. The average molecular weight is 766 g/mol. The lowest BCUT2D eigenvalue weighted by Gasteiger charge is -2.19. The summed E-state index contributed by atoms with van der Waals surface area (Å²) in [6, 6.07) is 78.6. The molecule has 0 N–H and O–H groups in total. The molecule has 0 saturated carbocycles. The Morgan fingerprint density at radius 2 is 0.633 bits per heavy atom. The zero-order valence-corrected chi connectivity index (χ0v) is 33.2. The Hall–Kier alpha value is -7.62. The Kier molecular flexibility index (Phi) is 11.6. The van der Waals surface area contributed by atoms with Gasteiger partial charge in [0.05, 0.1) is 22.8 Å². The van der Waals surface area contributed by atoms with Crippen LogP contribution in [0.4, 0.5) is 0 Å². The molecule has 0 bridgehead atoms. The summed E-state index contributed by atoms with van der Waals surface area (Å²) >= 11 is 0. The van der Waals surface area contributed by atoms with Crippen LogP contribution in [0.3, 0.4) is 0 Å². The predicted molar refractivity (Wildman–Crippen MR) is 255 cm³/mol. The molecule has 0 amide bonds. The summed E-state index contributed by atoms with van der Waals surface area (Å²) in [5.74, 6) is 0. The van der Waals surface area contributed by atoms with Crippen LogP contribution in [-0.2, 0) is 0 Å². The third-order valence-corrected chi connectivity index (χ3v) is 10.9. The standard InChI is InChI=1S/C55H41B2N3/c1-7-20-42(21-8-1)52(56(46-24-11-3-12-25-46)47-26-13-4-14-27-47)38-50-36-34-44(40-58-50)54-32-19-33-55(60-54)45-35-37-51(59-41-45)39-53(43-22-9-2-10-23-43)57(48-28-15-5-16-29-48)49-30-17-6-18-31-49/h1-41H/b52-38-,53-39-. The lowest BCUT2D eigenvalue weighted by atomic mass is 9.35. The van der Waals surface area contributed by atoms with Gasteiger partial charge in [-0.15, -0.1) is 0 Å². The number of aromatic nitrogens is 3. The largest absolute Gasteiger partial charge is 0.256 e. The van der Waals surface area contributed by atoms with Crippen LogP contribution >= 0.6 is 0 Å². The summed E-state index contributed by atoms with van der Waals surface area (Å²) in [6.45, 7) is 0.0633. The third kappa shape index (κ3) is 8.77. The van der Waals surface area contributed by atoms with Gasteiger partial charge in [0.2, 0.25) is 13.4 Å². The van der Waals surface area contributed by atoms with Crippen molar-refractivity contribution >= 4 is 58.4 Å². The van der Waals surface area contributed by atoms with Gasteiger partial charge < -0.3 is 0 Å². The smallest absolute Gasteiger partial charge is 0.242 e. The van der Waals surface area contributed by atoms with Crippen LogP contribution in [0.2, 0.25) is 0 Å². The second-order valence-corrected chi connectivity index (χ2v) is 14.8. The lowest BCUT2D eigenvalue weighted by molar-refractivity contribution is 1.24. The summed E-state index contributed by atoms with van der Waals surface area (Å²) in [5, 5.41) is 0. The molecule has 60 heavy (non-hydrogen) atoms. The number of rotatable bonds is 12. The highest BCUT2D eigenvalue weighted by atomic mass is 14.7. The molecule has 0 aliphatic carbocycles. The molecule has 0 saturated heterocycles. The summed E-state index contributed by atoms with van der Waals surface area (Å²) in [7, 11) is 0. The summed E-state index contributed by atoms with van der Waals surface area (Å²) in [5.41, 5.74) is 15.0. The maximum absolute atomic E-state index is 5.09. The van der Waals surface area contributed by atoms with Crippen LogP contribution in [0.15, 0.2) is 237 Å². The zero-order valence-electron chi connectivity index (χ0n) is 33.2. The summed E-state index contributed by atoms with van der Waals surface area (Å²) in [4.78, 5) is 15.1. The van der Waals surface area contributed by atoms with Gasteiger partial charge in [0.15, 0.2) is 0 Å². The van der Waals surface area contributed by atoms with Crippen molar-refractivity contribution in [3.05, 3.63) is 259 Å². The number of hydrogen-bond donors (Lipinski definition) is 0. The van der Waals surface area contributed by atoms with Crippen LogP contribution < -0.4 is 21.9 Å². The molecule has 5 heteroatoms. The zero-order chi connectivity index (χ0) is 40.4. The van der Waals surface area contributed by atoms with E-state index < -0.39 is 0 Å². The first-order valence-corrected chi connectivity index (χ1v) is 20.4. The van der Waals surface area contributed by atoms with Crippen molar-refractivity contribution in [1.29, 1.82) is 0 Å². The van der Waals surface area contributed by atoms with E-state index in [0.717, 1.165) is 45.0 Å². The highest BCUT2D eigenvalue weighted by molar-refractivity contribution is 7.01. The molecule has 9 aromatic rings. The van der Waals surface area contributed by atoms with Gasteiger partial charge in [-0.05, 0) is 59.7 Å². The van der Waals surface area contributed by atoms with E-state index in [-0.39, 0.29) is 13.4 Å². The second-order valence-electron chi connectivity index (χ2n) is 14.8. The average Bonchev–Trinajstić information content (AvgIpc) is 3.33. The minimum absolute atomic E-state index is 0.0317. The molecular weight excluding hydrogens is 724 g/mol.